The topological polar surface area (TPSA) is 49.8 Å². The summed E-state index contributed by atoms with van der Waals surface area (Å²) in [4.78, 5) is 4.47. The molecule has 0 unspecified atom stereocenters. The van der Waals surface area contributed by atoms with Gasteiger partial charge in [0.15, 0.2) is 3.77 Å². The molecule has 0 amide bonds. The van der Waals surface area contributed by atoms with E-state index >= 15 is 0 Å². The molecule has 0 fully saturated rings. The van der Waals surface area contributed by atoms with Crippen LogP contribution >= 0.6 is 33.9 Å². The summed E-state index contributed by atoms with van der Waals surface area (Å²) in [7, 11) is 0. The highest BCUT2D eigenvalue weighted by molar-refractivity contribution is 14.1. The van der Waals surface area contributed by atoms with Gasteiger partial charge in [-0.3, -0.25) is 0 Å². The van der Waals surface area contributed by atoms with E-state index in [9.17, 15) is 5.26 Å². The Morgan fingerprint density at radius 2 is 2.16 bits per heavy atom. The lowest BCUT2D eigenvalue weighted by Crippen LogP contribution is -1.78. The van der Waals surface area contributed by atoms with Crippen LogP contribution in [0.25, 0.3) is 21.9 Å². The van der Waals surface area contributed by atoms with Crippen molar-refractivity contribution in [1.82, 2.24) is 4.98 Å². The molecular weight excluding hydrogens is 371 g/mol. The van der Waals surface area contributed by atoms with Crippen molar-refractivity contribution in [3.8, 4) is 6.07 Å². The first-order valence-corrected chi connectivity index (χ1v) is 7.39. The Hall–Kier alpha value is -1.65. The van der Waals surface area contributed by atoms with Gasteiger partial charge in [-0.15, -0.1) is 11.3 Å². The van der Waals surface area contributed by atoms with Crippen LogP contribution in [0.4, 0.5) is 0 Å². The number of benzene rings is 1. The fourth-order valence-corrected chi connectivity index (χ4v) is 3.04. The van der Waals surface area contributed by atoms with Gasteiger partial charge in [0.1, 0.15) is 16.8 Å². The molecule has 3 aromatic rings. The Bertz CT molecular complexity index is 777. The van der Waals surface area contributed by atoms with Crippen LogP contribution in [0.5, 0.6) is 0 Å². The zero-order valence-corrected chi connectivity index (χ0v) is 12.6. The third-order valence-electron chi connectivity index (χ3n) is 2.53. The number of fused-ring (bicyclic) bond motifs is 1. The molecule has 0 radical (unpaired) electrons. The first kappa shape index (κ1) is 12.4. The minimum absolute atomic E-state index is 0.520. The van der Waals surface area contributed by atoms with Crippen LogP contribution in [0.15, 0.2) is 40.8 Å². The number of nitrogens with zero attached hydrogens (tertiary/aromatic N) is 2. The summed E-state index contributed by atoms with van der Waals surface area (Å²) in [5.41, 5.74) is 1.43. The molecule has 5 heteroatoms. The van der Waals surface area contributed by atoms with Crippen LogP contribution in [-0.2, 0) is 0 Å². The zero-order valence-electron chi connectivity index (χ0n) is 9.63. The van der Waals surface area contributed by atoms with Gasteiger partial charge in [0.2, 0.25) is 0 Å². The second-order valence-electron chi connectivity index (χ2n) is 3.80. The molecular formula is C14H7IN2OS. The number of para-hydroxylation sites is 1. The number of halogens is 1. The molecule has 2 heterocycles. The fraction of sp³-hybridized carbons (Fsp3) is 0. The molecule has 1 aromatic carbocycles. The van der Waals surface area contributed by atoms with Gasteiger partial charge in [-0.1, -0.05) is 12.1 Å². The van der Waals surface area contributed by atoms with Gasteiger partial charge in [0.05, 0.1) is 15.8 Å². The third kappa shape index (κ3) is 2.55. The summed E-state index contributed by atoms with van der Waals surface area (Å²) in [6, 6.07) is 13.7. The number of rotatable bonds is 2. The van der Waals surface area contributed by atoms with Crippen LogP contribution < -0.4 is 0 Å². The summed E-state index contributed by atoms with van der Waals surface area (Å²) >= 11 is 3.60. The standard InChI is InChI=1S/C14H7IN2OS/c15-13-6-5-10(18-13)7-9(8-16)14-17-11-3-1-2-4-12(11)19-14/h1-7H. The number of hydrogen-bond acceptors (Lipinski definition) is 4. The average molecular weight is 378 g/mol. The Kier molecular flexibility index (Phi) is 3.36. The van der Waals surface area contributed by atoms with Crippen LogP contribution in [0.2, 0.25) is 0 Å². The highest BCUT2D eigenvalue weighted by atomic mass is 127. The Morgan fingerprint density at radius 1 is 1.32 bits per heavy atom. The van der Waals surface area contributed by atoms with Crippen molar-refractivity contribution in [2.75, 3.05) is 0 Å². The number of allylic oxidation sites excluding steroid dienone is 1. The maximum absolute atomic E-state index is 9.28. The lowest BCUT2D eigenvalue weighted by molar-refractivity contribution is 0.528. The molecule has 0 atom stereocenters. The van der Waals surface area contributed by atoms with Crippen molar-refractivity contribution in [1.29, 1.82) is 5.26 Å². The van der Waals surface area contributed by atoms with Gasteiger partial charge in [0.25, 0.3) is 0 Å². The molecule has 2 aromatic heterocycles. The van der Waals surface area contributed by atoms with Crippen molar-refractivity contribution < 1.29 is 4.42 Å². The van der Waals surface area contributed by atoms with E-state index in [0.29, 0.717) is 11.3 Å². The van der Waals surface area contributed by atoms with Crippen molar-refractivity contribution in [3.63, 3.8) is 0 Å². The molecule has 0 saturated heterocycles. The van der Waals surface area contributed by atoms with Gasteiger partial charge in [-0.25, -0.2) is 4.98 Å². The molecule has 0 bridgehead atoms. The molecule has 0 aliphatic heterocycles. The van der Waals surface area contributed by atoms with Gasteiger partial charge >= 0.3 is 0 Å². The van der Waals surface area contributed by atoms with Crippen LogP contribution in [0.1, 0.15) is 10.8 Å². The quantitative estimate of drug-likeness (QED) is 0.485. The van der Waals surface area contributed by atoms with E-state index in [1.54, 1.807) is 6.08 Å². The molecule has 3 rings (SSSR count). The van der Waals surface area contributed by atoms with Gasteiger partial charge in [-0.05, 0) is 46.9 Å². The SMILES string of the molecule is N#CC(=Cc1ccc(I)o1)c1nc2ccccc2s1. The maximum Gasteiger partial charge on any atom is 0.164 e. The number of hydrogen-bond donors (Lipinski definition) is 0. The van der Waals surface area contributed by atoms with Crippen LogP contribution in [0.3, 0.4) is 0 Å². The molecule has 3 nitrogen and oxygen atoms in total. The van der Waals surface area contributed by atoms with E-state index in [2.05, 4.69) is 33.6 Å². The first-order chi connectivity index (χ1) is 9.26. The first-order valence-electron chi connectivity index (χ1n) is 5.49. The lowest BCUT2D eigenvalue weighted by Gasteiger charge is -1.90. The van der Waals surface area contributed by atoms with Crippen LogP contribution in [0, 0.1) is 15.1 Å². The predicted octanol–water partition coefficient (Wildman–Crippen LogP) is 4.56. The van der Waals surface area contributed by atoms with E-state index < -0.39 is 0 Å². The fourth-order valence-electron chi connectivity index (χ4n) is 1.68. The molecule has 19 heavy (non-hydrogen) atoms. The minimum Gasteiger partial charge on any atom is -0.451 e. The Morgan fingerprint density at radius 3 is 2.84 bits per heavy atom. The van der Waals surface area contributed by atoms with E-state index in [1.165, 1.54) is 11.3 Å². The van der Waals surface area contributed by atoms with E-state index in [-0.39, 0.29) is 0 Å². The molecule has 0 spiro atoms. The second-order valence-corrected chi connectivity index (χ2v) is 5.89. The average Bonchev–Trinajstić information content (AvgIpc) is 3.01. The van der Waals surface area contributed by atoms with Crippen molar-refractivity contribution in [2.45, 2.75) is 0 Å². The van der Waals surface area contributed by atoms with Crippen molar-refractivity contribution in [3.05, 3.63) is 50.9 Å². The molecule has 0 N–H and O–H groups in total. The van der Waals surface area contributed by atoms with Crippen molar-refractivity contribution in [2.24, 2.45) is 0 Å². The van der Waals surface area contributed by atoms with Crippen molar-refractivity contribution >= 4 is 55.8 Å². The van der Waals surface area contributed by atoms with E-state index in [0.717, 1.165) is 19.0 Å². The van der Waals surface area contributed by atoms with E-state index in [4.69, 9.17) is 4.42 Å². The second kappa shape index (κ2) is 5.15. The smallest absolute Gasteiger partial charge is 0.164 e. The molecule has 0 aliphatic rings. The van der Waals surface area contributed by atoms with Gasteiger partial charge < -0.3 is 4.42 Å². The summed E-state index contributed by atoms with van der Waals surface area (Å²) in [5.74, 6) is 0.667. The Balaban J connectivity index is 2.07. The number of furan rings is 1. The Labute approximate surface area is 127 Å². The minimum atomic E-state index is 0.520. The van der Waals surface area contributed by atoms with E-state index in [1.807, 2.05) is 36.4 Å². The predicted molar refractivity (Wildman–Crippen MR) is 84.5 cm³/mol. The summed E-state index contributed by atoms with van der Waals surface area (Å²) in [6.07, 6.45) is 1.72. The molecule has 92 valence electrons. The number of aromatic nitrogens is 1. The highest BCUT2D eigenvalue weighted by Gasteiger charge is 2.09. The van der Waals surface area contributed by atoms with Gasteiger partial charge in [0, 0.05) is 6.08 Å². The number of thiazole rings is 1. The third-order valence-corrected chi connectivity index (χ3v) is 4.17. The monoisotopic (exact) mass is 378 g/mol. The van der Waals surface area contributed by atoms with Gasteiger partial charge in [-0.2, -0.15) is 5.26 Å². The maximum atomic E-state index is 9.28. The summed E-state index contributed by atoms with van der Waals surface area (Å²) in [5, 5.41) is 10.00. The zero-order chi connectivity index (χ0) is 13.2. The molecule has 0 saturated carbocycles. The molecule has 0 aliphatic carbocycles. The number of nitriles is 1. The largest absolute Gasteiger partial charge is 0.451 e. The summed E-state index contributed by atoms with van der Waals surface area (Å²) < 4.78 is 7.32. The van der Waals surface area contributed by atoms with Crippen LogP contribution in [-0.4, -0.2) is 4.98 Å². The summed E-state index contributed by atoms with van der Waals surface area (Å²) in [6.45, 7) is 0. The normalized spacial score (nSPS) is 11.7. The lowest BCUT2D eigenvalue weighted by atomic mass is 10.2. The highest BCUT2D eigenvalue weighted by Crippen LogP contribution is 2.28.